The molecule has 2 aromatic rings. The van der Waals surface area contributed by atoms with Crippen LogP contribution in [0.1, 0.15) is 48.1 Å². The number of amides is 1. The summed E-state index contributed by atoms with van der Waals surface area (Å²) < 4.78 is 38.7. The standard InChI is InChI=1S/C22H25ClN2O5S/c1-15(16-6-8-19-20(13-16)30-12-11-29-19)24-22(26)17-5-7-18(23)21(14-17)31(27,28)25-9-3-2-4-10-25/h5-8,13-15H,2-4,9-12H2,1H3,(H,24,26)/t15-/m0/s1. The molecule has 2 aromatic carbocycles. The lowest BCUT2D eigenvalue weighted by Crippen LogP contribution is -2.36. The van der Waals surface area contributed by atoms with E-state index < -0.39 is 10.0 Å². The highest BCUT2D eigenvalue weighted by atomic mass is 35.5. The van der Waals surface area contributed by atoms with E-state index in [-0.39, 0.29) is 27.4 Å². The van der Waals surface area contributed by atoms with Gasteiger partial charge in [-0.2, -0.15) is 4.31 Å². The Bertz CT molecular complexity index is 1080. The van der Waals surface area contributed by atoms with E-state index in [9.17, 15) is 13.2 Å². The van der Waals surface area contributed by atoms with Gasteiger partial charge in [0.1, 0.15) is 18.1 Å². The molecule has 31 heavy (non-hydrogen) atoms. The molecule has 2 aliphatic rings. The van der Waals surface area contributed by atoms with Crippen molar-refractivity contribution in [2.45, 2.75) is 37.1 Å². The summed E-state index contributed by atoms with van der Waals surface area (Å²) in [7, 11) is -3.75. The molecular weight excluding hydrogens is 440 g/mol. The van der Waals surface area contributed by atoms with Gasteiger partial charge in [-0.05, 0) is 55.7 Å². The van der Waals surface area contributed by atoms with Gasteiger partial charge in [-0.3, -0.25) is 4.79 Å². The monoisotopic (exact) mass is 464 g/mol. The van der Waals surface area contributed by atoms with Gasteiger partial charge in [0.2, 0.25) is 10.0 Å². The minimum atomic E-state index is -3.75. The number of rotatable bonds is 5. The van der Waals surface area contributed by atoms with Crippen LogP contribution in [-0.4, -0.2) is 44.9 Å². The number of benzene rings is 2. The summed E-state index contributed by atoms with van der Waals surface area (Å²) in [5, 5.41) is 3.02. The number of fused-ring (bicyclic) bond motifs is 1. The molecule has 0 aromatic heterocycles. The van der Waals surface area contributed by atoms with Gasteiger partial charge in [-0.25, -0.2) is 8.42 Å². The van der Waals surface area contributed by atoms with Gasteiger partial charge in [0.05, 0.1) is 11.1 Å². The van der Waals surface area contributed by atoms with E-state index in [1.165, 1.54) is 22.5 Å². The summed E-state index contributed by atoms with van der Waals surface area (Å²) in [5.74, 6) is 0.944. The topological polar surface area (TPSA) is 84.9 Å². The third-order valence-corrected chi connectivity index (χ3v) is 7.92. The lowest BCUT2D eigenvalue weighted by atomic mass is 10.1. The number of halogens is 1. The molecular formula is C22H25ClN2O5S. The molecule has 1 saturated heterocycles. The fourth-order valence-electron chi connectivity index (χ4n) is 3.78. The molecule has 9 heteroatoms. The Balaban J connectivity index is 1.53. The molecule has 0 unspecified atom stereocenters. The van der Waals surface area contributed by atoms with Gasteiger partial charge in [0.15, 0.2) is 11.5 Å². The van der Waals surface area contributed by atoms with Crippen molar-refractivity contribution < 1.29 is 22.7 Å². The lowest BCUT2D eigenvalue weighted by molar-refractivity contribution is 0.0939. The largest absolute Gasteiger partial charge is 0.486 e. The Hall–Kier alpha value is -2.29. The predicted molar refractivity (Wildman–Crippen MR) is 117 cm³/mol. The number of hydrogen-bond acceptors (Lipinski definition) is 5. The van der Waals surface area contributed by atoms with Crippen LogP contribution >= 0.6 is 11.6 Å². The van der Waals surface area contributed by atoms with E-state index in [4.69, 9.17) is 21.1 Å². The van der Waals surface area contributed by atoms with Crippen molar-refractivity contribution in [2.75, 3.05) is 26.3 Å². The second kappa shape index (κ2) is 9.06. The molecule has 1 amide bonds. The Labute approximate surface area is 187 Å². The zero-order valence-electron chi connectivity index (χ0n) is 17.3. The van der Waals surface area contributed by atoms with Crippen LogP contribution in [0.5, 0.6) is 11.5 Å². The van der Waals surface area contributed by atoms with Crippen molar-refractivity contribution in [3.05, 3.63) is 52.5 Å². The fourth-order valence-corrected chi connectivity index (χ4v) is 5.80. The Morgan fingerprint density at radius 3 is 2.48 bits per heavy atom. The first kappa shape index (κ1) is 21.9. The first-order chi connectivity index (χ1) is 14.9. The number of nitrogens with zero attached hydrogens (tertiary/aromatic N) is 1. The van der Waals surface area contributed by atoms with Crippen LogP contribution in [0.4, 0.5) is 0 Å². The van der Waals surface area contributed by atoms with Gasteiger partial charge in [-0.1, -0.05) is 24.1 Å². The zero-order valence-corrected chi connectivity index (χ0v) is 18.8. The number of piperidine rings is 1. The molecule has 7 nitrogen and oxygen atoms in total. The smallest absolute Gasteiger partial charge is 0.251 e. The molecule has 0 radical (unpaired) electrons. The number of ether oxygens (including phenoxy) is 2. The summed E-state index contributed by atoms with van der Waals surface area (Å²) in [4.78, 5) is 12.8. The molecule has 166 valence electrons. The maximum absolute atomic E-state index is 13.0. The highest BCUT2D eigenvalue weighted by Crippen LogP contribution is 2.33. The van der Waals surface area contributed by atoms with E-state index in [1.807, 2.05) is 25.1 Å². The summed E-state index contributed by atoms with van der Waals surface area (Å²) >= 11 is 6.21. The van der Waals surface area contributed by atoms with Gasteiger partial charge in [-0.15, -0.1) is 0 Å². The summed E-state index contributed by atoms with van der Waals surface area (Å²) in [5.41, 5.74) is 1.09. The summed E-state index contributed by atoms with van der Waals surface area (Å²) in [6.45, 7) is 3.78. The van der Waals surface area contributed by atoms with Crippen molar-refractivity contribution in [1.82, 2.24) is 9.62 Å². The SMILES string of the molecule is C[C@H](NC(=O)c1ccc(Cl)c(S(=O)(=O)N2CCCCC2)c1)c1ccc2c(c1)OCCO2. The molecule has 0 saturated carbocycles. The second-order valence-electron chi connectivity index (χ2n) is 7.71. The van der Waals surface area contributed by atoms with Crippen molar-refractivity contribution in [3.8, 4) is 11.5 Å². The molecule has 1 fully saturated rings. The molecule has 1 atom stereocenters. The quantitative estimate of drug-likeness (QED) is 0.727. The van der Waals surface area contributed by atoms with Gasteiger partial charge >= 0.3 is 0 Å². The van der Waals surface area contributed by atoms with Crippen LogP contribution in [0.15, 0.2) is 41.3 Å². The highest BCUT2D eigenvalue weighted by molar-refractivity contribution is 7.89. The summed E-state index contributed by atoms with van der Waals surface area (Å²) in [6, 6.07) is 9.56. The molecule has 0 aliphatic carbocycles. The fraction of sp³-hybridized carbons (Fsp3) is 0.409. The molecule has 2 aliphatic heterocycles. The minimum absolute atomic E-state index is 0.0318. The van der Waals surface area contributed by atoms with Crippen LogP contribution in [0.3, 0.4) is 0 Å². The Morgan fingerprint density at radius 2 is 1.74 bits per heavy atom. The van der Waals surface area contributed by atoms with Crippen molar-refractivity contribution in [1.29, 1.82) is 0 Å². The minimum Gasteiger partial charge on any atom is -0.486 e. The number of sulfonamides is 1. The average Bonchev–Trinajstić information content (AvgIpc) is 2.79. The lowest BCUT2D eigenvalue weighted by Gasteiger charge is -2.26. The van der Waals surface area contributed by atoms with Crippen molar-refractivity contribution in [2.24, 2.45) is 0 Å². The first-order valence-electron chi connectivity index (χ1n) is 10.4. The van der Waals surface area contributed by atoms with Gasteiger partial charge in [0, 0.05) is 18.7 Å². The van der Waals surface area contributed by atoms with Gasteiger partial charge < -0.3 is 14.8 Å². The predicted octanol–water partition coefficient (Wildman–Crippen LogP) is 3.78. The Kier molecular flexibility index (Phi) is 6.41. The molecule has 0 bridgehead atoms. The van der Waals surface area contributed by atoms with Crippen molar-refractivity contribution in [3.63, 3.8) is 0 Å². The van der Waals surface area contributed by atoms with E-state index in [0.717, 1.165) is 24.8 Å². The van der Waals surface area contributed by atoms with Crippen LogP contribution in [0.2, 0.25) is 5.02 Å². The molecule has 4 rings (SSSR count). The molecule has 2 heterocycles. The van der Waals surface area contributed by atoms with Crippen LogP contribution in [0, 0.1) is 0 Å². The number of carbonyl (C=O) groups is 1. The second-order valence-corrected chi connectivity index (χ2v) is 10.0. The zero-order chi connectivity index (χ0) is 22.0. The molecule has 1 N–H and O–H groups in total. The maximum Gasteiger partial charge on any atom is 0.251 e. The number of carbonyl (C=O) groups excluding carboxylic acids is 1. The maximum atomic E-state index is 13.0. The highest BCUT2D eigenvalue weighted by Gasteiger charge is 2.29. The van der Waals surface area contributed by atoms with E-state index in [0.29, 0.717) is 37.8 Å². The van der Waals surface area contributed by atoms with Crippen LogP contribution < -0.4 is 14.8 Å². The molecule has 0 spiro atoms. The van der Waals surface area contributed by atoms with Gasteiger partial charge in [0.25, 0.3) is 5.91 Å². The normalized spacial score (nSPS) is 17.7. The number of nitrogens with one attached hydrogen (secondary N) is 1. The first-order valence-corrected chi connectivity index (χ1v) is 12.2. The van der Waals surface area contributed by atoms with E-state index in [1.54, 1.807) is 0 Å². The van der Waals surface area contributed by atoms with Crippen LogP contribution in [-0.2, 0) is 10.0 Å². The van der Waals surface area contributed by atoms with E-state index >= 15 is 0 Å². The summed E-state index contributed by atoms with van der Waals surface area (Å²) in [6.07, 6.45) is 2.66. The van der Waals surface area contributed by atoms with Crippen molar-refractivity contribution >= 4 is 27.5 Å². The van der Waals surface area contributed by atoms with Crippen LogP contribution in [0.25, 0.3) is 0 Å². The average molecular weight is 465 g/mol. The Morgan fingerprint density at radius 1 is 1.03 bits per heavy atom. The third kappa shape index (κ3) is 4.66. The third-order valence-electron chi connectivity index (χ3n) is 5.54. The number of hydrogen-bond donors (Lipinski definition) is 1. The van der Waals surface area contributed by atoms with E-state index in [2.05, 4.69) is 5.32 Å².